The highest BCUT2D eigenvalue weighted by Gasteiger charge is 2.44. The lowest BCUT2D eigenvalue weighted by Gasteiger charge is -2.38. The van der Waals surface area contributed by atoms with Gasteiger partial charge in [-0.25, -0.2) is 9.59 Å². The van der Waals surface area contributed by atoms with Crippen LogP contribution >= 0.6 is 0 Å². The van der Waals surface area contributed by atoms with Gasteiger partial charge >= 0.3 is 12.1 Å². The maximum atomic E-state index is 14.6. The zero-order valence-electron chi connectivity index (χ0n) is 37.1. The second kappa shape index (κ2) is 20.2. The molecule has 13 heteroatoms. The molecule has 2 aromatic heterocycles. The third-order valence-corrected chi connectivity index (χ3v) is 11.0. The molecule has 0 unspecified atom stereocenters. The van der Waals surface area contributed by atoms with Crippen molar-refractivity contribution in [1.82, 2.24) is 35.7 Å². The third kappa shape index (κ3) is 12.8. The molecule has 0 aliphatic carbocycles. The van der Waals surface area contributed by atoms with Crippen LogP contribution in [-0.2, 0) is 33.7 Å². The van der Waals surface area contributed by atoms with Gasteiger partial charge in [0.2, 0.25) is 11.8 Å². The van der Waals surface area contributed by atoms with Crippen LogP contribution in [0.3, 0.4) is 0 Å². The van der Waals surface area contributed by atoms with Crippen molar-refractivity contribution in [3.63, 3.8) is 0 Å². The SMILES string of the molecule is COC(=O)N[C@H](C(=O)N[C@@H](Cc1ccc(-c2cc(C)ccn2)cc1)[C@@H](O)C[C@H](Cc1ccccc1)NC(=O)[C@@H](N1CCN(Cc2cccc(C)n2)C1=O)C(C)(C)C)C(C)(C)C. The number of hydrogen-bond acceptors (Lipinski definition) is 8. The average Bonchev–Trinajstić information content (AvgIpc) is 3.53. The fourth-order valence-corrected chi connectivity index (χ4v) is 7.86. The number of aliphatic hydroxyl groups excluding tert-OH is 1. The molecule has 5 atom stereocenters. The van der Waals surface area contributed by atoms with Crippen LogP contribution in [-0.4, -0.2) is 99.3 Å². The molecule has 326 valence electrons. The molecule has 1 fully saturated rings. The Labute approximate surface area is 360 Å². The van der Waals surface area contributed by atoms with Crippen LogP contribution in [0, 0.1) is 24.7 Å². The Morgan fingerprint density at radius 2 is 1.49 bits per heavy atom. The zero-order chi connectivity index (χ0) is 44.5. The Bertz CT molecular complexity index is 2120. The summed E-state index contributed by atoms with van der Waals surface area (Å²) in [5.74, 6) is -0.822. The molecular formula is C48H63N7O6. The summed E-state index contributed by atoms with van der Waals surface area (Å²) in [4.78, 5) is 67.5. The van der Waals surface area contributed by atoms with Crippen molar-refractivity contribution in [2.24, 2.45) is 10.8 Å². The van der Waals surface area contributed by atoms with Gasteiger partial charge in [0.15, 0.2) is 0 Å². The van der Waals surface area contributed by atoms with Crippen LogP contribution in [0.4, 0.5) is 9.59 Å². The van der Waals surface area contributed by atoms with E-state index in [-0.39, 0.29) is 24.8 Å². The smallest absolute Gasteiger partial charge is 0.407 e. The second-order valence-electron chi connectivity index (χ2n) is 18.3. The number of aromatic nitrogens is 2. The molecule has 13 nitrogen and oxygen atoms in total. The van der Waals surface area contributed by atoms with Gasteiger partial charge in [-0.2, -0.15) is 0 Å². The first-order valence-corrected chi connectivity index (χ1v) is 21.0. The van der Waals surface area contributed by atoms with Crippen molar-refractivity contribution in [3.05, 3.63) is 119 Å². The van der Waals surface area contributed by atoms with Gasteiger partial charge in [0, 0.05) is 36.6 Å². The number of ether oxygens (including phenoxy) is 1. The Morgan fingerprint density at radius 3 is 2.11 bits per heavy atom. The maximum absolute atomic E-state index is 14.6. The molecule has 4 aromatic rings. The highest BCUT2D eigenvalue weighted by Crippen LogP contribution is 2.29. The largest absolute Gasteiger partial charge is 0.453 e. The molecule has 0 bridgehead atoms. The monoisotopic (exact) mass is 833 g/mol. The number of carbonyl (C=O) groups excluding carboxylic acids is 4. The van der Waals surface area contributed by atoms with E-state index in [1.165, 1.54) is 7.11 Å². The summed E-state index contributed by atoms with van der Waals surface area (Å²) < 4.78 is 4.84. The summed E-state index contributed by atoms with van der Waals surface area (Å²) in [5.41, 5.74) is 4.93. The Kier molecular flexibility index (Phi) is 15.3. The molecule has 3 heterocycles. The van der Waals surface area contributed by atoms with Crippen molar-refractivity contribution in [3.8, 4) is 11.3 Å². The van der Waals surface area contributed by atoms with Gasteiger partial charge in [-0.05, 0) is 84.9 Å². The number of aliphatic hydroxyl groups is 1. The van der Waals surface area contributed by atoms with Crippen LogP contribution in [0.2, 0.25) is 0 Å². The fourth-order valence-electron chi connectivity index (χ4n) is 7.86. The Morgan fingerprint density at radius 1 is 0.803 bits per heavy atom. The van der Waals surface area contributed by atoms with Gasteiger partial charge < -0.3 is 35.6 Å². The van der Waals surface area contributed by atoms with Crippen LogP contribution in [0.15, 0.2) is 91.1 Å². The normalized spacial score (nSPS) is 15.7. The first-order chi connectivity index (χ1) is 28.8. The first kappa shape index (κ1) is 46.2. The van der Waals surface area contributed by atoms with Crippen molar-refractivity contribution in [1.29, 1.82) is 0 Å². The molecule has 1 aliphatic heterocycles. The van der Waals surface area contributed by atoms with Crippen LogP contribution in [0.25, 0.3) is 11.3 Å². The molecule has 4 N–H and O–H groups in total. The van der Waals surface area contributed by atoms with Crippen molar-refractivity contribution in [2.75, 3.05) is 20.2 Å². The van der Waals surface area contributed by atoms with Crippen molar-refractivity contribution >= 4 is 23.9 Å². The predicted octanol–water partition coefficient (Wildman–Crippen LogP) is 6.39. The van der Waals surface area contributed by atoms with Crippen LogP contribution in [0.1, 0.15) is 76.0 Å². The molecule has 5 amide bonds. The van der Waals surface area contributed by atoms with E-state index in [1.54, 1.807) is 16.0 Å². The van der Waals surface area contributed by atoms with Crippen molar-refractivity contribution in [2.45, 2.75) is 111 Å². The Balaban J connectivity index is 1.42. The number of alkyl carbamates (subject to hydrolysis) is 1. The van der Waals surface area contributed by atoms with E-state index in [1.807, 2.05) is 140 Å². The molecule has 0 saturated carbocycles. The fraction of sp³-hybridized carbons (Fsp3) is 0.458. The highest BCUT2D eigenvalue weighted by atomic mass is 16.5. The summed E-state index contributed by atoms with van der Waals surface area (Å²) in [5, 5.41) is 21.2. The number of methoxy groups -OCH3 is 1. The summed E-state index contributed by atoms with van der Waals surface area (Å²) in [6, 6.07) is 23.7. The molecule has 5 rings (SSSR count). The van der Waals surface area contributed by atoms with E-state index in [4.69, 9.17) is 4.74 Å². The van der Waals surface area contributed by atoms with Gasteiger partial charge in [-0.3, -0.25) is 19.6 Å². The van der Waals surface area contributed by atoms with E-state index in [0.717, 1.165) is 39.3 Å². The standard InChI is InChI=1S/C48H63N7O6/c1-31-22-23-49-38(26-31)35-20-18-34(19-21-35)28-39(52-43(57)41(47(3,4)5)53-45(59)61-9)40(56)29-37(27-33-15-11-10-12-16-33)51-44(58)42(48(6,7)8)55-25-24-54(46(55)60)30-36-17-13-14-32(2)50-36/h10-23,26,37,39-42,56H,24-25,27-30H2,1-9H3,(H,51,58)(H,52,57)(H,53,59)/t37-,39-,40-,41+,42+/m0/s1. The molecule has 0 spiro atoms. The van der Waals surface area contributed by atoms with Crippen LogP contribution < -0.4 is 16.0 Å². The molecular weight excluding hydrogens is 771 g/mol. The number of pyridine rings is 2. The van der Waals surface area contributed by atoms with E-state index >= 15 is 0 Å². The van der Waals surface area contributed by atoms with Crippen LogP contribution in [0.5, 0.6) is 0 Å². The summed E-state index contributed by atoms with van der Waals surface area (Å²) >= 11 is 0. The summed E-state index contributed by atoms with van der Waals surface area (Å²) in [6.45, 7) is 16.4. The Hall–Kier alpha value is -5.82. The molecule has 1 aliphatic rings. The van der Waals surface area contributed by atoms with E-state index in [0.29, 0.717) is 26.1 Å². The maximum Gasteiger partial charge on any atom is 0.407 e. The summed E-state index contributed by atoms with van der Waals surface area (Å²) in [7, 11) is 1.24. The lowest BCUT2D eigenvalue weighted by molar-refractivity contribution is -0.130. The van der Waals surface area contributed by atoms with E-state index in [2.05, 4.69) is 25.9 Å². The third-order valence-electron chi connectivity index (χ3n) is 11.0. The number of nitrogens with one attached hydrogen (secondary N) is 3. The molecule has 0 radical (unpaired) electrons. The number of amides is 5. The van der Waals surface area contributed by atoms with Gasteiger partial charge in [-0.15, -0.1) is 0 Å². The number of hydrogen-bond donors (Lipinski definition) is 4. The lowest BCUT2D eigenvalue weighted by atomic mass is 9.84. The van der Waals surface area contributed by atoms with E-state index < -0.39 is 53.1 Å². The number of benzene rings is 2. The highest BCUT2D eigenvalue weighted by molar-refractivity contribution is 5.89. The predicted molar refractivity (Wildman–Crippen MR) is 236 cm³/mol. The number of urea groups is 1. The molecule has 2 aromatic carbocycles. The average molecular weight is 834 g/mol. The number of aryl methyl sites for hydroxylation is 2. The van der Waals surface area contributed by atoms with E-state index in [9.17, 15) is 24.3 Å². The minimum Gasteiger partial charge on any atom is -0.453 e. The number of nitrogens with zero attached hydrogens (tertiary/aromatic N) is 4. The van der Waals surface area contributed by atoms with Gasteiger partial charge in [0.05, 0.1) is 37.2 Å². The zero-order valence-corrected chi connectivity index (χ0v) is 37.1. The van der Waals surface area contributed by atoms with Crippen molar-refractivity contribution < 1.29 is 29.0 Å². The van der Waals surface area contributed by atoms with Gasteiger partial charge in [0.1, 0.15) is 12.1 Å². The summed E-state index contributed by atoms with van der Waals surface area (Å²) in [6.07, 6.45) is 0.551. The minimum atomic E-state index is -1.16. The van der Waals surface area contributed by atoms with Gasteiger partial charge in [0.25, 0.3) is 0 Å². The second-order valence-corrected chi connectivity index (χ2v) is 18.3. The van der Waals surface area contributed by atoms with Gasteiger partial charge in [-0.1, -0.05) is 102 Å². The molecule has 61 heavy (non-hydrogen) atoms. The first-order valence-electron chi connectivity index (χ1n) is 21.0. The lowest BCUT2D eigenvalue weighted by Crippen LogP contribution is -2.59. The number of carbonyl (C=O) groups is 4. The quantitative estimate of drug-likeness (QED) is 0.101. The minimum absolute atomic E-state index is 0.0669. The molecule has 1 saturated heterocycles. The topological polar surface area (TPSA) is 166 Å². The number of rotatable bonds is 16.